The maximum atomic E-state index is 13.2. The molecule has 0 fully saturated rings. The van der Waals surface area contributed by atoms with Gasteiger partial charge in [0.2, 0.25) is 5.62 Å². The number of hydrogen-bond donors (Lipinski definition) is 2. The predicted molar refractivity (Wildman–Crippen MR) is 111 cm³/mol. The summed E-state index contributed by atoms with van der Waals surface area (Å²) in [4.78, 5) is 22.8. The van der Waals surface area contributed by atoms with E-state index >= 15 is 0 Å². The van der Waals surface area contributed by atoms with Gasteiger partial charge in [-0.05, 0) is 45.4 Å². The van der Waals surface area contributed by atoms with E-state index in [1.165, 1.54) is 6.07 Å². The Morgan fingerprint density at radius 2 is 1.81 bits per heavy atom. The van der Waals surface area contributed by atoms with E-state index < -0.39 is 23.7 Å². The van der Waals surface area contributed by atoms with Crippen LogP contribution >= 0.6 is 11.6 Å². The molecule has 0 saturated carbocycles. The Hall–Kier alpha value is -2.79. The summed E-state index contributed by atoms with van der Waals surface area (Å²) in [7, 11) is 1.62. The minimum Gasteiger partial charge on any atom is -0.473 e. The summed E-state index contributed by atoms with van der Waals surface area (Å²) >= 11 is 5.75. The van der Waals surface area contributed by atoms with Crippen molar-refractivity contribution in [3.05, 3.63) is 46.3 Å². The van der Waals surface area contributed by atoms with Crippen molar-refractivity contribution in [2.45, 2.75) is 39.4 Å². The first-order valence-electron chi connectivity index (χ1n) is 9.44. The fourth-order valence-corrected chi connectivity index (χ4v) is 2.92. The number of aromatic nitrogens is 2. The summed E-state index contributed by atoms with van der Waals surface area (Å²) in [5.41, 5.74) is 0.916. The van der Waals surface area contributed by atoms with Crippen LogP contribution in [0.1, 0.15) is 37.6 Å². The Kier molecular flexibility index (Phi) is 9.98. The zero-order valence-electron chi connectivity index (χ0n) is 18.0. The third-order valence-electron chi connectivity index (χ3n) is 4.12. The van der Waals surface area contributed by atoms with E-state index in [4.69, 9.17) is 36.1 Å². The molecule has 12 heteroatoms. The number of halogens is 4. The zero-order chi connectivity index (χ0) is 24.6. The maximum absolute atomic E-state index is 13.2. The second-order valence-corrected chi connectivity index (χ2v) is 7.31. The molecule has 8 nitrogen and oxygen atoms in total. The number of carboxylic acid groups (broad SMARTS) is 2. The first-order chi connectivity index (χ1) is 14.8. The molecule has 0 aliphatic carbocycles. The number of benzene rings is 1. The molecule has 0 saturated heterocycles. The van der Waals surface area contributed by atoms with Crippen LogP contribution in [0.2, 0.25) is 5.02 Å². The Morgan fingerprint density at radius 3 is 2.28 bits per heavy atom. The lowest BCUT2D eigenvalue weighted by Crippen LogP contribution is -2.27. The van der Waals surface area contributed by atoms with Crippen LogP contribution in [0.5, 0.6) is 0 Å². The minimum absolute atomic E-state index is 0.116. The summed E-state index contributed by atoms with van der Waals surface area (Å²) < 4.78 is 48.4. The number of nitrogens with zero attached hydrogens (tertiary/aromatic N) is 3. The Bertz CT molecular complexity index is 1000. The molecule has 2 rings (SSSR count). The van der Waals surface area contributed by atoms with E-state index in [2.05, 4.69) is 4.99 Å². The Labute approximate surface area is 187 Å². The molecule has 178 valence electrons. The predicted octanol–water partition coefficient (Wildman–Crippen LogP) is 3.93. The van der Waals surface area contributed by atoms with Crippen molar-refractivity contribution < 1.29 is 37.7 Å². The third-order valence-corrected chi connectivity index (χ3v) is 4.45. The van der Waals surface area contributed by atoms with Crippen molar-refractivity contribution >= 4 is 23.5 Å². The highest BCUT2D eigenvalue weighted by atomic mass is 35.5. The molecule has 2 aromatic rings. The van der Waals surface area contributed by atoms with Crippen molar-refractivity contribution in [3.63, 3.8) is 0 Å². The molecule has 1 aromatic carbocycles. The molecule has 0 spiro atoms. The van der Waals surface area contributed by atoms with Crippen LogP contribution in [0.3, 0.4) is 0 Å². The van der Waals surface area contributed by atoms with Crippen LogP contribution in [0.25, 0.3) is 5.69 Å². The number of aryl methyl sites for hydroxylation is 1. The van der Waals surface area contributed by atoms with Gasteiger partial charge in [-0.15, -0.1) is 0 Å². The van der Waals surface area contributed by atoms with Crippen LogP contribution in [0, 0.1) is 6.92 Å². The van der Waals surface area contributed by atoms with Gasteiger partial charge in [-0.3, -0.25) is 9.56 Å². The van der Waals surface area contributed by atoms with Gasteiger partial charge in [-0.25, -0.2) is 9.59 Å². The number of carbonyl (C=O) groups is 2. The molecule has 0 atom stereocenters. The van der Waals surface area contributed by atoms with Crippen LogP contribution in [-0.2, 0) is 20.5 Å². The molecule has 0 radical (unpaired) electrons. The molecule has 32 heavy (non-hydrogen) atoms. The van der Waals surface area contributed by atoms with Crippen molar-refractivity contribution in [2.24, 2.45) is 4.99 Å². The third kappa shape index (κ3) is 7.41. The maximum Gasteiger partial charge on any atom is 0.417 e. The highest BCUT2D eigenvalue weighted by molar-refractivity contribution is 6.31. The van der Waals surface area contributed by atoms with Gasteiger partial charge in [0, 0.05) is 43.9 Å². The van der Waals surface area contributed by atoms with E-state index in [9.17, 15) is 13.2 Å². The number of carboxylic acids is 2. The molecule has 1 heterocycles. The van der Waals surface area contributed by atoms with E-state index in [0.717, 1.165) is 18.2 Å². The fraction of sp³-hybridized carbons (Fsp3) is 0.450. The first-order valence-corrected chi connectivity index (χ1v) is 9.82. The van der Waals surface area contributed by atoms with Gasteiger partial charge in [0.25, 0.3) is 0 Å². The Morgan fingerprint density at radius 1 is 1.22 bits per heavy atom. The van der Waals surface area contributed by atoms with E-state index in [1.54, 1.807) is 17.7 Å². The standard InChI is InChI=1S/C18H23ClF3N3O.C2H2O4/c1-12(2)24-11-13(3)25(17(24)23-8-5-9-26-4)14-6-7-16(19)15(10-14)18(20,21)22;3-1(4)2(5)6/h6-7,10-12H,5,8-9H2,1-4H3;(H,3,4)(H,5,6). The summed E-state index contributed by atoms with van der Waals surface area (Å²) in [5.74, 6) is -3.65. The summed E-state index contributed by atoms with van der Waals surface area (Å²) in [6, 6.07) is 4.02. The average molecular weight is 480 g/mol. The van der Waals surface area contributed by atoms with Gasteiger partial charge in [-0.1, -0.05) is 11.6 Å². The van der Waals surface area contributed by atoms with Gasteiger partial charge < -0.3 is 19.5 Å². The molecule has 0 unspecified atom stereocenters. The average Bonchev–Trinajstić information content (AvgIpc) is 3.01. The first kappa shape index (κ1) is 27.2. The number of alkyl halides is 3. The van der Waals surface area contributed by atoms with Crippen LogP contribution in [0.15, 0.2) is 29.4 Å². The van der Waals surface area contributed by atoms with Crippen molar-refractivity contribution in [3.8, 4) is 5.69 Å². The largest absolute Gasteiger partial charge is 0.473 e. The van der Waals surface area contributed by atoms with Crippen LogP contribution in [0.4, 0.5) is 13.2 Å². The molecule has 0 bridgehead atoms. The van der Waals surface area contributed by atoms with Crippen LogP contribution in [-0.4, -0.2) is 51.5 Å². The zero-order valence-corrected chi connectivity index (χ0v) is 18.7. The van der Waals surface area contributed by atoms with E-state index in [1.807, 2.05) is 31.5 Å². The van der Waals surface area contributed by atoms with Crippen molar-refractivity contribution in [1.29, 1.82) is 0 Å². The highest BCUT2D eigenvalue weighted by Gasteiger charge is 2.33. The summed E-state index contributed by atoms with van der Waals surface area (Å²) in [6.45, 7) is 6.94. The van der Waals surface area contributed by atoms with Gasteiger partial charge in [-0.2, -0.15) is 13.2 Å². The molecule has 1 aromatic heterocycles. The number of methoxy groups -OCH3 is 1. The van der Waals surface area contributed by atoms with Crippen molar-refractivity contribution in [1.82, 2.24) is 9.13 Å². The smallest absolute Gasteiger partial charge is 0.417 e. The molecular formula is C20H25ClF3N3O5. The second-order valence-electron chi connectivity index (χ2n) is 6.91. The SMILES string of the molecule is COCCCN=c1n(C(C)C)cc(C)n1-c1ccc(Cl)c(C(F)(F)F)c1.O=C(O)C(=O)O. The lowest BCUT2D eigenvalue weighted by atomic mass is 10.2. The van der Waals surface area contributed by atoms with Gasteiger partial charge in [0.15, 0.2) is 0 Å². The number of hydrogen-bond acceptors (Lipinski definition) is 4. The molecular weight excluding hydrogens is 455 g/mol. The molecule has 0 aliphatic heterocycles. The summed E-state index contributed by atoms with van der Waals surface area (Å²) in [6.07, 6.45) is -1.90. The number of aliphatic carboxylic acids is 2. The number of imidazole rings is 1. The van der Waals surface area contributed by atoms with Gasteiger partial charge >= 0.3 is 18.1 Å². The lowest BCUT2D eigenvalue weighted by Gasteiger charge is -2.13. The fourth-order valence-electron chi connectivity index (χ4n) is 2.70. The van der Waals surface area contributed by atoms with Gasteiger partial charge in [0.05, 0.1) is 10.6 Å². The number of ether oxygens (including phenoxy) is 1. The molecule has 0 amide bonds. The second kappa shape index (κ2) is 11.7. The highest BCUT2D eigenvalue weighted by Crippen LogP contribution is 2.35. The summed E-state index contributed by atoms with van der Waals surface area (Å²) in [5, 5.41) is 14.5. The van der Waals surface area contributed by atoms with Crippen molar-refractivity contribution in [2.75, 3.05) is 20.3 Å². The normalized spacial score (nSPS) is 12.0. The minimum atomic E-state index is -4.52. The van der Waals surface area contributed by atoms with Gasteiger partial charge in [0.1, 0.15) is 0 Å². The monoisotopic (exact) mass is 479 g/mol. The van der Waals surface area contributed by atoms with Crippen LogP contribution < -0.4 is 5.62 Å². The topological polar surface area (TPSA) is 106 Å². The lowest BCUT2D eigenvalue weighted by molar-refractivity contribution is -0.159. The van der Waals surface area contributed by atoms with E-state index in [0.29, 0.717) is 24.5 Å². The van der Waals surface area contributed by atoms with E-state index in [-0.39, 0.29) is 11.1 Å². The number of rotatable bonds is 6. The molecule has 0 aliphatic rings. The molecule has 2 N–H and O–H groups in total. The quantitative estimate of drug-likeness (QED) is 0.482. The Balaban J connectivity index is 0.000000751.